The van der Waals surface area contributed by atoms with Gasteiger partial charge < -0.3 is 10.6 Å². The van der Waals surface area contributed by atoms with Crippen LogP contribution in [-0.2, 0) is 6.54 Å². The molecule has 1 aromatic heterocycles. The molecule has 1 aromatic carbocycles. The standard InChI is InChI=1S/C15H19ClN4S/c1-3-11(2)17-15(21)18-14-13(16)10-20(19-14)9-12-7-5-4-6-8-12/h4-8,10-11H,3,9H2,1-2H3,(H2,17,18,19,21). The first-order valence-electron chi connectivity index (χ1n) is 6.93. The highest BCUT2D eigenvalue weighted by Crippen LogP contribution is 2.20. The summed E-state index contributed by atoms with van der Waals surface area (Å²) in [6, 6.07) is 10.4. The Morgan fingerprint density at radius 2 is 2.10 bits per heavy atom. The van der Waals surface area contributed by atoms with Gasteiger partial charge in [0.1, 0.15) is 5.02 Å². The van der Waals surface area contributed by atoms with Gasteiger partial charge in [-0.3, -0.25) is 4.68 Å². The van der Waals surface area contributed by atoms with E-state index in [1.807, 2.05) is 18.2 Å². The first kappa shape index (κ1) is 15.8. The van der Waals surface area contributed by atoms with Crippen LogP contribution in [0.5, 0.6) is 0 Å². The summed E-state index contributed by atoms with van der Waals surface area (Å²) in [5.41, 5.74) is 1.17. The number of nitrogens with zero attached hydrogens (tertiary/aromatic N) is 2. The Hall–Kier alpha value is -1.59. The van der Waals surface area contributed by atoms with Gasteiger partial charge in [-0.1, -0.05) is 48.9 Å². The molecule has 0 spiro atoms. The number of benzene rings is 1. The molecule has 1 unspecified atom stereocenters. The van der Waals surface area contributed by atoms with E-state index in [1.54, 1.807) is 10.9 Å². The Balaban J connectivity index is 2.00. The van der Waals surface area contributed by atoms with E-state index in [9.17, 15) is 0 Å². The maximum atomic E-state index is 6.19. The predicted octanol–water partition coefficient (Wildman–Crippen LogP) is 3.67. The molecule has 1 heterocycles. The van der Waals surface area contributed by atoms with Crippen molar-refractivity contribution in [2.75, 3.05) is 5.32 Å². The average Bonchev–Trinajstić information content (AvgIpc) is 2.79. The van der Waals surface area contributed by atoms with Crippen molar-refractivity contribution in [2.24, 2.45) is 0 Å². The van der Waals surface area contributed by atoms with Crippen LogP contribution in [0.3, 0.4) is 0 Å². The third kappa shape index (κ3) is 4.72. The van der Waals surface area contributed by atoms with Crippen molar-refractivity contribution in [1.82, 2.24) is 15.1 Å². The fraction of sp³-hybridized carbons (Fsp3) is 0.333. The molecule has 0 radical (unpaired) electrons. The highest BCUT2D eigenvalue weighted by atomic mass is 35.5. The average molecular weight is 323 g/mol. The van der Waals surface area contributed by atoms with Crippen LogP contribution in [0.4, 0.5) is 5.82 Å². The number of rotatable bonds is 5. The Bertz CT molecular complexity index is 597. The van der Waals surface area contributed by atoms with E-state index in [-0.39, 0.29) is 0 Å². The monoisotopic (exact) mass is 322 g/mol. The number of anilines is 1. The molecule has 0 aliphatic carbocycles. The molecular weight excluding hydrogens is 304 g/mol. The minimum absolute atomic E-state index is 0.315. The normalized spacial score (nSPS) is 12.0. The van der Waals surface area contributed by atoms with Gasteiger partial charge in [0.2, 0.25) is 0 Å². The van der Waals surface area contributed by atoms with Gasteiger partial charge in [0, 0.05) is 12.2 Å². The number of hydrogen-bond acceptors (Lipinski definition) is 2. The summed E-state index contributed by atoms with van der Waals surface area (Å²) in [6.07, 6.45) is 2.79. The number of halogens is 1. The largest absolute Gasteiger partial charge is 0.360 e. The van der Waals surface area contributed by atoms with Crippen LogP contribution in [-0.4, -0.2) is 20.9 Å². The molecule has 112 valence electrons. The molecule has 1 atom stereocenters. The van der Waals surface area contributed by atoms with Crippen molar-refractivity contribution >= 4 is 34.7 Å². The van der Waals surface area contributed by atoms with E-state index >= 15 is 0 Å². The second-order valence-electron chi connectivity index (χ2n) is 4.92. The maximum absolute atomic E-state index is 6.19. The third-order valence-corrected chi connectivity index (χ3v) is 3.62. The zero-order chi connectivity index (χ0) is 15.2. The fourth-order valence-corrected chi connectivity index (χ4v) is 2.30. The fourth-order valence-electron chi connectivity index (χ4n) is 1.80. The topological polar surface area (TPSA) is 41.9 Å². The first-order chi connectivity index (χ1) is 10.1. The molecule has 2 aromatic rings. The Morgan fingerprint density at radius 1 is 1.38 bits per heavy atom. The van der Waals surface area contributed by atoms with Crippen LogP contribution in [0, 0.1) is 0 Å². The van der Waals surface area contributed by atoms with Gasteiger partial charge in [-0.15, -0.1) is 0 Å². The highest BCUT2D eigenvalue weighted by molar-refractivity contribution is 7.80. The molecule has 0 amide bonds. The number of thiocarbonyl (C=S) groups is 1. The van der Waals surface area contributed by atoms with Gasteiger partial charge in [-0.05, 0) is 31.1 Å². The van der Waals surface area contributed by atoms with Crippen molar-refractivity contribution in [2.45, 2.75) is 32.9 Å². The van der Waals surface area contributed by atoms with Crippen molar-refractivity contribution in [1.29, 1.82) is 0 Å². The molecule has 0 saturated carbocycles. The zero-order valence-electron chi connectivity index (χ0n) is 12.1. The molecule has 2 N–H and O–H groups in total. The minimum atomic E-state index is 0.315. The summed E-state index contributed by atoms with van der Waals surface area (Å²) in [5, 5.41) is 11.7. The van der Waals surface area contributed by atoms with Crippen LogP contribution in [0.2, 0.25) is 5.02 Å². The van der Waals surface area contributed by atoms with E-state index in [0.717, 1.165) is 6.42 Å². The van der Waals surface area contributed by atoms with Crippen LogP contribution in [0.15, 0.2) is 36.5 Å². The van der Waals surface area contributed by atoms with E-state index in [1.165, 1.54) is 5.56 Å². The molecule has 0 fully saturated rings. The van der Waals surface area contributed by atoms with Crippen LogP contribution in [0.1, 0.15) is 25.8 Å². The lowest BCUT2D eigenvalue weighted by Crippen LogP contribution is -2.35. The van der Waals surface area contributed by atoms with Crippen molar-refractivity contribution < 1.29 is 0 Å². The SMILES string of the molecule is CCC(C)NC(=S)Nc1nn(Cc2ccccc2)cc1Cl. The summed E-state index contributed by atoms with van der Waals surface area (Å²) in [4.78, 5) is 0. The molecular formula is C15H19ClN4S. The van der Waals surface area contributed by atoms with Gasteiger partial charge in [0.05, 0.1) is 6.54 Å². The second kappa shape index (κ2) is 7.43. The maximum Gasteiger partial charge on any atom is 0.173 e. The van der Waals surface area contributed by atoms with E-state index < -0.39 is 0 Å². The molecule has 21 heavy (non-hydrogen) atoms. The first-order valence-corrected chi connectivity index (χ1v) is 7.71. The smallest absolute Gasteiger partial charge is 0.173 e. The Labute approximate surface area is 135 Å². The minimum Gasteiger partial charge on any atom is -0.360 e. The molecule has 6 heteroatoms. The van der Waals surface area contributed by atoms with Crippen molar-refractivity contribution in [3.05, 3.63) is 47.1 Å². The van der Waals surface area contributed by atoms with E-state index in [2.05, 4.69) is 41.7 Å². The Kier molecular flexibility index (Phi) is 5.59. The second-order valence-corrected chi connectivity index (χ2v) is 5.73. The van der Waals surface area contributed by atoms with E-state index in [0.29, 0.717) is 28.5 Å². The van der Waals surface area contributed by atoms with Gasteiger partial charge in [-0.2, -0.15) is 5.10 Å². The van der Waals surface area contributed by atoms with E-state index in [4.69, 9.17) is 23.8 Å². The zero-order valence-corrected chi connectivity index (χ0v) is 13.7. The molecule has 0 bridgehead atoms. The van der Waals surface area contributed by atoms with Gasteiger partial charge in [0.25, 0.3) is 0 Å². The quantitative estimate of drug-likeness (QED) is 0.824. The van der Waals surface area contributed by atoms with Gasteiger partial charge in [0.15, 0.2) is 10.9 Å². The summed E-state index contributed by atoms with van der Waals surface area (Å²) in [5.74, 6) is 0.577. The third-order valence-electron chi connectivity index (χ3n) is 3.13. The van der Waals surface area contributed by atoms with Crippen LogP contribution >= 0.6 is 23.8 Å². The molecule has 2 rings (SSSR count). The van der Waals surface area contributed by atoms with Crippen LogP contribution in [0.25, 0.3) is 0 Å². The van der Waals surface area contributed by atoms with Crippen molar-refractivity contribution in [3.8, 4) is 0 Å². The Morgan fingerprint density at radius 3 is 2.76 bits per heavy atom. The van der Waals surface area contributed by atoms with Crippen LogP contribution < -0.4 is 10.6 Å². The molecule has 0 aliphatic rings. The highest BCUT2D eigenvalue weighted by Gasteiger charge is 2.10. The molecule has 4 nitrogen and oxygen atoms in total. The summed E-state index contributed by atoms with van der Waals surface area (Å²) in [7, 11) is 0. The lowest BCUT2D eigenvalue weighted by molar-refractivity contribution is 0.645. The summed E-state index contributed by atoms with van der Waals surface area (Å²) in [6.45, 7) is 4.85. The number of hydrogen-bond donors (Lipinski definition) is 2. The predicted molar refractivity (Wildman–Crippen MR) is 91.9 cm³/mol. The number of nitrogens with one attached hydrogen (secondary N) is 2. The lowest BCUT2D eigenvalue weighted by Gasteiger charge is -2.14. The molecule has 0 aliphatic heterocycles. The molecule has 0 saturated heterocycles. The number of aromatic nitrogens is 2. The van der Waals surface area contributed by atoms with Gasteiger partial charge in [-0.25, -0.2) is 0 Å². The van der Waals surface area contributed by atoms with Crippen molar-refractivity contribution in [3.63, 3.8) is 0 Å². The van der Waals surface area contributed by atoms with Gasteiger partial charge >= 0.3 is 0 Å². The summed E-state index contributed by atoms with van der Waals surface area (Å²) >= 11 is 11.4. The summed E-state index contributed by atoms with van der Waals surface area (Å²) < 4.78 is 1.80. The lowest BCUT2D eigenvalue weighted by atomic mass is 10.2.